The molecule has 15 heavy (non-hydrogen) atoms. The molecule has 0 unspecified atom stereocenters. The summed E-state index contributed by atoms with van der Waals surface area (Å²) in [7, 11) is 0. The molecule has 1 aromatic carbocycles. The second kappa shape index (κ2) is 3.38. The number of carboxylic acids is 1. The summed E-state index contributed by atoms with van der Waals surface area (Å²) in [5.41, 5.74) is 6.37. The van der Waals surface area contributed by atoms with E-state index < -0.39 is 11.9 Å². The lowest BCUT2D eigenvalue weighted by Gasteiger charge is -2.08. The predicted molar refractivity (Wildman–Crippen MR) is 53.9 cm³/mol. The van der Waals surface area contributed by atoms with Crippen molar-refractivity contribution < 1.29 is 14.7 Å². The van der Waals surface area contributed by atoms with E-state index in [0.717, 1.165) is 12.8 Å². The molecule has 0 aromatic heterocycles. The maximum absolute atomic E-state index is 11.2. The van der Waals surface area contributed by atoms with Gasteiger partial charge in [0, 0.05) is 5.56 Å². The molecular weight excluding hydrogens is 194 g/mol. The first kappa shape index (κ1) is 9.71. The van der Waals surface area contributed by atoms with E-state index >= 15 is 0 Å². The normalized spacial score (nSPS) is 14.9. The van der Waals surface area contributed by atoms with E-state index in [4.69, 9.17) is 10.8 Å². The molecule has 1 aliphatic carbocycles. The molecule has 0 spiro atoms. The Labute approximate surface area is 86.7 Å². The summed E-state index contributed by atoms with van der Waals surface area (Å²) in [6, 6.07) is 4.65. The van der Waals surface area contributed by atoms with E-state index in [1.165, 1.54) is 6.07 Å². The zero-order chi connectivity index (χ0) is 11.0. The molecule has 1 fully saturated rings. The molecule has 2 rings (SSSR count). The van der Waals surface area contributed by atoms with Gasteiger partial charge in [-0.05, 0) is 36.5 Å². The van der Waals surface area contributed by atoms with Crippen LogP contribution in [-0.2, 0) is 0 Å². The van der Waals surface area contributed by atoms with Gasteiger partial charge in [-0.2, -0.15) is 0 Å². The van der Waals surface area contributed by atoms with Crippen LogP contribution >= 0.6 is 0 Å². The van der Waals surface area contributed by atoms with Crippen molar-refractivity contribution in [3.8, 4) is 0 Å². The summed E-state index contributed by atoms with van der Waals surface area (Å²) in [6.45, 7) is 0. The fourth-order valence-corrected chi connectivity index (χ4v) is 1.78. The fourth-order valence-electron chi connectivity index (χ4n) is 1.78. The summed E-state index contributed by atoms with van der Waals surface area (Å²) in [6.07, 6.45) is 1.87. The van der Waals surface area contributed by atoms with Crippen LogP contribution in [0.15, 0.2) is 18.2 Å². The standard InChI is InChI=1S/C11H11NO3/c12-10(13)7-2-1-3-8(11(14)15)9(7)6-4-5-6/h1-3,6H,4-5H2,(H2,12,13)(H,14,15). The highest BCUT2D eigenvalue weighted by molar-refractivity contribution is 5.99. The van der Waals surface area contributed by atoms with Gasteiger partial charge >= 0.3 is 5.97 Å². The minimum Gasteiger partial charge on any atom is -0.478 e. The van der Waals surface area contributed by atoms with Gasteiger partial charge in [0.1, 0.15) is 0 Å². The summed E-state index contributed by atoms with van der Waals surface area (Å²) < 4.78 is 0. The number of carbonyl (C=O) groups excluding carboxylic acids is 1. The third-order valence-electron chi connectivity index (χ3n) is 2.59. The van der Waals surface area contributed by atoms with Gasteiger partial charge in [-0.3, -0.25) is 4.79 Å². The Morgan fingerprint density at radius 3 is 2.33 bits per heavy atom. The van der Waals surface area contributed by atoms with Gasteiger partial charge in [-0.25, -0.2) is 4.79 Å². The van der Waals surface area contributed by atoms with E-state index in [-0.39, 0.29) is 11.5 Å². The van der Waals surface area contributed by atoms with E-state index in [9.17, 15) is 9.59 Å². The van der Waals surface area contributed by atoms with Crippen molar-refractivity contribution in [3.05, 3.63) is 34.9 Å². The van der Waals surface area contributed by atoms with Gasteiger partial charge in [-0.1, -0.05) is 6.07 Å². The Kier molecular flexibility index (Phi) is 2.19. The Bertz CT molecular complexity index is 403. The fraction of sp³-hybridized carbons (Fsp3) is 0.273. The second-order valence-corrected chi connectivity index (χ2v) is 3.71. The van der Waals surface area contributed by atoms with Gasteiger partial charge in [0.25, 0.3) is 0 Å². The first-order chi connectivity index (χ1) is 7.11. The first-order valence-electron chi connectivity index (χ1n) is 4.77. The third kappa shape index (κ3) is 1.70. The molecule has 78 valence electrons. The highest BCUT2D eigenvalue weighted by Crippen LogP contribution is 2.43. The smallest absolute Gasteiger partial charge is 0.335 e. The molecule has 0 aliphatic heterocycles. The monoisotopic (exact) mass is 205 g/mol. The number of benzene rings is 1. The summed E-state index contributed by atoms with van der Waals surface area (Å²) >= 11 is 0. The molecule has 0 radical (unpaired) electrons. The van der Waals surface area contributed by atoms with Gasteiger partial charge in [0.05, 0.1) is 5.56 Å². The molecule has 1 aromatic rings. The minimum absolute atomic E-state index is 0.194. The number of nitrogens with two attached hydrogens (primary N) is 1. The van der Waals surface area contributed by atoms with Crippen LogP contribution in [0.5, 0.6) is 0 Å². The first-order valence-corrected chi connectivity index (χ1v) is 4.77. The van der Waals surface area contributed by atoms with Crippen molar-refractivity contribution in [2.45, 2.75) is 18.8 Å². The van der Waals surface area contributed by atoms with Crippen molar-refractivity contribution in [3.63, 3.8) is 0 Å². The lowest BCUT2D eigenvalue weighted by molar-refractivity contribution is 0.0695. The number of primary amides is 1. The third-order valence-corrected chi connectivity index (χ3v) is 2.59. The second-order valence-electron chi connectivity index (χ2n) is 3.71. The number of rotatable bonds is 3. The van der Waals surface area contributed by atoms with Crippen molar-refractivity contribution in [2.75, 3.05) is 0 Å². The molecule has 1 saturated carbocycles. The van der Waals surface area contributed by atoms with Crippen LogP contribution in [-0.4, -0.2) is 17.0 Å². The van der Waals surface area contributed by atoms with Crippen LogP contribution in [0.25, 0.3) is 0 Å². The zero-order valence-corrected chi connectivity index (χ0v) is 8.06. The molecule has 3 N–H and O–H groups in total. The molecular formula is C11H11NO3. The summed E-state index contributed by atoms with van der Waals surface area (Å²) in [5.74, 6) is -1.36. The van der Waals surface area contributed by atoms with Crippen LogP contribution in [0.2, 0.25) is 0 Å². The highest BCUT2D eigenvalue weighted by Gasteiger charge is 2.31. The number of carbonyl (C=O) groups is 2. The quantitative estimate of drug-likeness (QED) is 0.781. The van der Waals surface area contributed by atoms with Gasteiger partial charge in [0.15, 0.2) is 0 Å². The van der Waals surface area contributed by atoms with Crippen LogP contribution in [0.4, 0.5) is 0 Å². The van der Waals surface area contributed by atoms with Crippen LogP contribution in [0, 0.1) is 0 Å². The maximum Gasteiger partial charge on any atom is 0.335 e. The van der Waals surface area contributed by atoms with Gasteiger partial charge < -0.3 is 10.8 Å². The Morgan fingerprint density at radius 1 is 1.27 bits per heavy atom. The number of amides is 1. The summed E-state index contributed by atoms with van der Waals surface area (Å²) in [4.78, 5) is 22.1. The average molecular weight is 205 g/mol. The number of hydrogen-bond acceptors (Lipinski definition) is 2. The number of carboxylic acid groups (broad SMARTS) is 1. The molecule has 0 atom stereocenters. The molecule has 1 amide bonds. The Balaban J connectivity index is 2.60. The zero-order valence-electron chi connectivity index (χ0n) is 8.06. The summed E-state index contributed by atoms with van der Waals surface area (Å²) in [5, 5.41) is 9.00. The predicted octanol–water partition coefficient (Wildman–Crippen LogP) is 1.36. The van der Waals surface area contributed by atoms with E-state index in [0.29, 0.717) is 11.1 Å². The van der Waals surface area contributed by atoms with E-state index in [2.05, 4.69) is 0 Å². The maximum atomic E-state index is 11.2. The molecule has 0 heterocycles. The molecule has 0 bridgehead atoms. The van der Waals surface area contributed by atoms with Gasteiger partial charge in [-0.15, -0.1) is 0 Å². The lowest BCUT2D eigenvalue weighted by Crippen LogP contribution is -2.16. The molecule has 1 aliphatic rings. The van der Waals surface area contributed by atoms with Crippen LogP contribution in [0.3, 0.4) is 0 Å². The number of hydrogen-bond donors (Lipinski definition) is 2. The lowest BCUT2D eigenvalue weighted by atomic mass is 9.96. The average Bonchev–Trinajstić information content (AvgIpc) is 2.99. The van der Waals surface area contributed by atoms with Crippen molar-refractivity contribution in [1.29, 1.82) is 0 Å². The van der Waals surface area contributed by atoms with Crippen LogP contribution in [0.1, 0.15) is 45.0 Å². The van der Waals surface area contributed by atoms with Gasteiger partial charge in [0.2, 0.25) is 5.91 Å². The SMILES string of the molecule is NC(=O)c1cccc(C(=O)O)c1C1CC1. The van der Waals surface area contributed by atoms with Crippen molar-refractivity contribution in [1.82, 2.24) is 0 Å². The van der Waals surface area contributed by atoms with Crippen molar-refractivity contribution >= 4 is 11.9 Å². The Morgan fingerprint density at radius 2 is 1.87 bits per heavy atom. The molecule has 0 saturated heterocycles. The molecule has 4 nitrogen and oxygen atoms in total. The molecule has 4 heteroatoms. The Hall–Kier alpha value is -1.84. The van der Waals surface area contributed by atoms with Crippen LogP contribution < -0.4 is 5.73 Å². The minimum atomic E-state index is -1.000. The van der Waals surface area contributed by atoms with E-state index in [1.54, 1.807) is 12.1 Å². The van der Waals surface area contributed by atoms with Crippen molar-refractivity contribution in [2.24, 2.45) is 5.73 Å². The van der Waals surface area contributed by atoms with E-state index in [1.807, 2.05) is 0 Å². The largest absolute Gasteiger partial charge is 0.478 e. The highest BCUT2D eigenvalue weighted by atomic mass is 16.4. The topological polar surface area (TPSA) is 80.4 Å². The number of aromatic carboxylic acids is 1.